The number of aromatic hydroxyl groups is 1. The Labute approximate surface area is 160 Å². The van der Waals surface area contributed by atoms with Crippen molar-refractivity contribution in [1.29, 1.82) is 0 Å². The molecule has 2 aromatic carbocycles. The smallest absolute Gasteiger partial charge is 0.159 e. The molecular weight excluding hydrogens is 340 g/mol. The fourth-order valence-corrected chi connectivity index (χ4v) is 2.87. The molecule has 0 aliphatic rings. The third kappa shape index (κ3) is 5.66. The number of hydrogen-bond acceptors (Lipinski definition) is 5. The molecule has 142 valence electrons. The maximum absolute atomic E-state index is 9.31. The van der Waals surface area contributed by atoms with E-state index in [9.17, 15) is 5.11 Å². The Bertz CT molecular complexity index is 850. The first kappa shape index (κ1) is 19.1. The second-order valence-corrected chi connectivity index (χ2v) is 6.51. The van der Waals surface area contributed by atoms with Gasteiger partial charge in [-0.15, -0.1) is 0 Å². The van der Waals surface area contributed by atoms with E-state index in [2.05, 4.69) is 16.9 Å². The minimum atomic E-state index is 0.0614. The second kappa shape index (κ2) is 9.88. The molecule has 1 N–H and O–H groups in total. The number of fused-ring (bicyclic) bond motifs is 1. The van der Waals surface area contributed by atoms with E-state index in [0.717, 1.165) is 35.1 Å². The van der Waals surface area contributed by atoms with Gasteiger partial charge < -0.3 is 14.6 Å². The summed E-state index contributed by atoms with van der Waals surface area (Å²) < 4.78 is 11.4. The zero-order chi connectivity index (χ0) is 18.9. The van der Waals surface area contributed by atoms with Crippen LogP contribution in [0.4, 0.5) is 0 Å². The molecule has 0 amide bonds. The summed E-state index contributed by atoms with van der Waals surface area (Å²) in [5, 5.41) is 11.5. The van der Waals surface area contributed by atoms with Gasteiger partial charge in [0.2, 0.25) is 0 Å². The summed E-state index contributed by atoms with van der Waals surface area (Å²) in [7, 11) is 0. The Morgan fingerprint density at radius 2 is 1.63 bits per heavy atom. The van der Waals surface area contributed by atoms with Gasteiger partial charge in [-0.25, -0.2) is 9.97 Å². The number of aromatic nitrogens is 2. The number of hydrogen-bond donors (Lipinski definition) is 1. The van der Waals surface area contributed by atoms with Crippen LogP contribution in [0.1, 0.15) is 32.6 Å². The number of benzene rings is 2. The molecule has 0 unspecified atom stereocenters. The maximum atomic E-state index is 9.31. The molecule has 0 aliphatic heterocycles. The van der Waals surface area contributed by atoms with Crippen molar-refractivity contribution in [2.24, 2.45) is 0 Å². The SMILES string of the molecule is CCCCCCOCCOc1ccc2cc(-c3ncc(O)cn3)ccc2c1. The molecule has 0 spiro atoms. The van der Waals surface area contributed by atoms with E-state index in [1.807, 2.05) is 36.4 Å². The summed E-state index contributed by atoms with van der Waals surface area (Å²) in [6.07, 6.45) is 7.67. The van der Waals surface area contributed by atoms with Crippen LogP contribution in [-0.4, -0.2) is 34.9 Å². The highest BCUT2D eigenvalue weighted by molar-refractivity contribution is 5.87. The van der Waals surface area contributed by atoms with Crippen molar-refractivity contribution in [2.75, 3.05) is 19.8 Å². The highest BCUT2D eigenvalue weighted by Gasteiger charge is 2.04. The van der Waals surface area contributed by atoms with Gasteiger partial charge in [0.1, 0.15) is 12.4 Å². The highest BCUT2D eigenvalue weighted by atomic mass is 16.5. The second-order valence-electron chi connectivity index (χ2n) is 6.51. The van der Waals surface area contributed by atoms with Crippen LogP contribution in [0.2, 0.25) is 0 Å². The highest BCUT2D eigenvalue weighted by Crippen LogP contribution is 2.25. The first-order chi connectivity index (χ1) is 13.3. The summed E-state index contributed by atoms with van der Waals surface area (Å²) in [6.45, 7) is 4.18. The van der Waals surface area contributed by atoms with E-state index < -0.39 is 0 Å². The molecule has 0 saturated heterocycles. The Hall–Kier alpha value is -2.66. The van der Waals surface area contributed by atoms with E-state index in [4.69, 9.17) is 9.47 Å². The lowest BCUT2D eigenvalue weighted by Gasteiger charge is -2.09. The van der Waals surface area contributed by atoms with Crippen LogP contribution < -0.4 is 4.74 Å². The normalized spacial score (nSPS) is 11.0. The summed E-state index contributed by atoms with van der Waals surface area (Å²) in [5.41, 5.74) is 0.910. The molecule has 0 atom stereocenters. The van der Waals surface area contributed by atoms with Crippen LogP contribution >= 0.6 is 0 Å². The maximum Gasteiger partial charge on any atom is 0.159 e. The van der Waals surface area contributed by atoms with Crippen molar-refractivity contribution < 1.29 is 14.6 Å². The molecular formula is C22H26N2O3. The van der Waals surface area contributed by atoms with Crippen molar-refractivity contribution in [3.63, 3.8) is 0 Å². The third-order valence-electron chi connectivity index (χ3n) is 4.35. The molecule has 0 bridgehead atoms. The number of unbranched alkanes of at least 4 members (excludes halogenated alkanes) is 3. The first-order valence-electron chi connectivity index (χ1n) is 9.52. The van der Waals surface area contributed by atoms with E-state index in [0.29, 0.717) is 19.0 Å². The Balaban J connectivity index is 1.53. The standard InChI is InChI=1S/C22H26N2O3/c1-2-3-4-5-10-26-11-12-27-21-9-8-17-13-19(7-6-18(17)14-21)22-23-15-20(25)16-24-22/h6-9,13-16,25H,2-5,10-12H2,1H3. The van der Waals surface area contributed by atoms with Gasteiger partial charge in [0.25, 0.3) is 0 Å². The molecule has 1 heterocycles. The summed E-state index contributed by atoms with van der Waals surface area (Å²) in [4.78, 5) is 8.31. The summed E-state index contributed by atoms with van der Waals surface area (Å²) in [6, 6.07) is 12.0. The van der Waals surface area contributed by atoms with Crippen molar-refractivity contribution in [1.82, 2.24) is 9.97 Å². The van der Waals surface area contributed by atoms with Crippen molar-refractivity contribution in [3.05, 3.63) is 48.8 Å². The van der Waals surface area contributed by atoms with E-state index in [1.165, 1.54) is 31.7 Å². The summed E-state index contributed by atoms with van der Waals surface area (Å²) in [5.74, 6) is 1.49. The van der Waals surface area contributed by atoms with Crippen LogP contribution in [0.5, 0.6) is 11.5 Å². The van der Waals surface area contributed by atoms with Crippen molar-refractivity contribution in [3.8, 4) is 22.9 Å². The molecule has 5 heteroatoms. The van der Waals surface area contributed by atoms with Gasteiger partial charge in [0.15, 0.2) is 11.6 Å². The lowest BCUT2D eigenvalue weighted by molar-refractivity contribution is 0.0972. The molecule has 3 rings (SSSR count). The molecule has 0 aliphatic carbocycles. The molecule has 3 aromatic rings. The minimum absolute atomic E-state index is 0.0614. The lowest BCUT2D eigenvalue weighted by Crippen LogP contribution is -2.07. The predicted octanol–water partition coefficient (Wildman–Crippen LogP) is 4.98. The van der Waals surface area contributed by atoms with Crippen LogP contribution in [0.25, 0.3) is 22.2 Å². The Morgan fingerprint density at radius 3 is 2.44 bits per heavy atom. The molecule has 0 saturated carbocycles. The third-order valence-corrected chi connectivity index (χ3v) is 4.35. The number of ether oxygens (including phenoxy) is 2. The zero-order valence-electron chi connectivity index (χ0n) is 15.7. The first-order valence-corrected chi connectivity index (χ1v) is 9.52. The molecule has 5 nitrogen and oxygen atoms in total. The number of rotatable bonds is 10. The van der Waals surface area contributed by atoms with E-state index in [1.54, 1.807) is 0 Å². The van der Waals surface area contributed by atoms with Crippen LogP contribution in [0.3, 0.4) is 0 Å². The van der Waals surface area contributed by atoms with E-state index in [-0.39, 0.29) is 5.75 Å². The Morgan fingerprint density at radius 1 is 0.852 bits per heavy atom. The molecule has 0 radical (unpaired) electrons. The quantitative estimate of drug-likeness (QED) is 0.513. The fraction of sp³-hybridized carbons (Fsp3) is 0.364. The monoisotopic (exact) mass is 366 g/mol. The molecule has 1 aromatic heterocycles. The number of nitrogens with zero attached hydrogens (tertiary/aromatic N) is 2. The molecule has 27 heavy (non-hydrogen) atoms. The van der Waals surface area contributed by atoms with Gasteiger partial charge in [-0.1, -0.05) is 44.4 Å². The van der Waals surface area contributed by atoms with Crippen molar-refractivity contribution in [2.45, 2.75) is 32.6 Å². The van der Waals surface area contributed by atoms with Crippen molar-refractivity contribution >= 4 is 10.8 Å². The van der Waals surface area contributed by atoms with Gasteiger partial charge in [-0.05, 0) is 35.4 Å². The lowest BCUT2D eigenvalue weighted by atomic mass is 10.1. The van der Waals surface area contributed by atoms with Crippen LogP contribution in [0.15, 0.2) is 48.8 Å². The predicted molar refractivity (Wildman–Crippen MR) is 107 cm³/mol. The zero-order valence-corrected chi connectivity index (χ0v) is 15.7. The van der Waals surface area contributed by atoms with Gasteiger partial charge in [-0.3, -0.25) is 0 Å². The average Bonchev–Trinajstić information content (AvgIpc) is 2.70. The van der Waals surface area contributed by atoms with E-state index >= 15 is 0 Å². The fourth-order valence-electron chi connectivity index (χ4n) is 2.87. The largest absolute Gasteiger partial charge is 0.505 e. The van der Waals surface area contributed by atoms with Gasteiger partial charge >= 0.3 is 0 Å². The topological polar surface area (TPSA) is 64.5 Å². The minimum Gasteiger partial charge on any atom is -0.505 e. The van der Waals surface area contributed by atoms with Gasteiger partial charge in [-0.2, -0.15) is 0 Å². The van der Waals surface area contributed by atoms with Crippen LogP contribution in [-0.2, 0) is 4.74 Å². The van der Waals surface area contributed by atoms with Gasteiger partial charge in [0.05, 0.1) is 19.0 Å². The average molecular weight is 366 g/mol. The molecule has 0 fully saturated rings. The van der Waals surface area contributed by atoms with Crippen LogP contribution in [0, 0.1) is 0 Å². The summed E-state index contributed by atoms with van der Waals surface area (Å²) >= 11 is 0. The Kier molecular flexibility index (Phi) is 6.99. The van der Waals surface area contributed by atoms with Gasteiger partial charge in [0, 0.05) is 12.2 Å².